The van der Waals surface area contributed by atoms with Crippen molar-refractivity contribution in [3.8, 4) is 0 Å². The second-order valence-corrected chi connectivity index (χ2v) is 8.75. The van der Waals surface area contributed by atoms with Gasteiger partial charge in [0.1, 0.15) is 5.78 Å². The molecule has 3 aliphatic carbocycles. The van der Waals surface area contributed by atoms with E-state index >= 15 is 0 Å². The molecule has 4 aliphatic rings. The van der Waals surface area contributed by atoms with Crippen LogP contribution >= 0.6 is 11.8 Å². The van der Waals surface area contributed by atoms with E-state index in [0.29, 0.717) is 17.0 Å². The molecule has 5 atom stereocenters. The van der Waals surface area contributed by atoms with Gasteiger partial charge in [-0.25, -0.2) is 0 Å². The first-order valence-corrected chi connectivity index (χ1v) is 8.19. The highest BCUT2D eigenvalue weighted by Crippen LogP contribution is 2.71. The van der Waals surface area contributed by atoms with Gasteiger partial charge in [0.15, 0.2) is 0 Å². The fraction of sp³-hybridized carbons (Fsp3) is 0.933. The Hall–Kier alpha value is 0.0200. The zero-order valence-corrected chi connectivity index (χ0v) is 11.7. The molecule has 1 aliphatic heterocycles. The van der Waals surface area contributed by atoms with Gasteiger partial charge in [0.25, 0.3) is 0 Å². The summed E-state index contributed by atoms with van der Waals surface area (Å²) >= 11 is 2.19. The molecule has 94 valence electrons. The molecule has 4 rings (SSSR count). The minimum absolute atomic E-state index is 0.0716. The smallest absolute Gasteiger partial charge is 0.140 e. The highest BCUT2D eigenvalue weighted by Gasteiger charge is 2.69. The number of Topliss-reactive ketones (excluding diaryl/α,β-unsaturated/α-hetero) is 1. The summed E-state index contributed by atoms with van der Waals surface area (Å²) in [6, 6.07) is 0. The Morgan fingerprint density at radius 2 is 2.06 bits per heavy atom. The largest absolute Gasteiger partial charge is 0.299 e. The van der Waals surface area contributed by atoms with Crippen molar-refractivity contribution in [2.24, 2.45) is 22.7 Å². The Kier molecular flexibility index (Phi) is 2.00. The summed E-state index contributed by atoms with van der Waals surface area (Å²) in [5.74, 6) is 2.18. The van der Waals surface area contributed by atoms with E-state index < -0.39 is 0 Å². The molecule has 1 heterocycles. The summed E-state index contributed by atoms with van der Waals surface area (Å²) < 4.78 is 0. The van der Waals surface area contributed by atoms with E-state index in [2.05, 4.69) is 25.6 Å². The number of thioether (sulfide) groups is 1. The number of fused-ring (bicyclic) bond motifs is 4. The molecule has 3 saturated carbocycles. The van der Waals surface area contributed by atoms with Gasteiger partial charge >= 0.3 is 0 Å². The van der Waals surface area contributed by atoms with E-state index in [9.17, 15) is 4.79 Å². The molecular weight excluding hydrogens is 228 g/mol. The first-order chi connectivity index (χ1) is 8.05. The molecule has 2 heteroatoms. The molecule has 1 nitrogen and oxygen atoms in total. The van der Waals surface area contributed by atoms with Crippen LogP contribution in [0.3, 0.4) is 0 Å². The van der Waals surface area contributed by atoms with Crippen LogP contribution in [0.1, 0.15) is 52.4 Å². The maximum atomic E-state index is 12.6. The van der Waals surface area contributed by atoms with E-state index in [4.69, 9.17) is 0 Å². The van der Waals surface area contributed by atoms with E-state index in [1.54, 1.807) is 0 Å². The minimum Gasteiger partial charge on any atom is -0.299 e. The lowest BCUT2D eigenvalue weighted by atomic mass is 9.64. The summed E-state index contributed by atoms with van der Waals surface area (Å²) in [5, 5.41) is 1.57. The zero-order valence-electron chi connectivity index (χ0n) is 10.9. The number of carbonyl (C=O) groups excluding carboxylic acids is 1. The van der Waals surface area contributed by atoms with Crippen LogP contribution in [0.2, 0.25) is 0 Å². The molecule has 0 aromatic rings. The van der Waals surface area contributed by atoms with Crippen LogP contribution in [-0.2, 0) is 4.79 Å². The molecular formula is C15H22OS. The van der Waals surface area contributed by atoms with Gasteiger partial charge in [-0.15, -0.1) is 0 Å². The number of rotatable bonds is 1. The molecule has 0 amide bonds. The van der Waals surface area contributed by atoms with Crippen LogP contribution in [0, 0.1) is 22.7 Å². The average molecular weight is 250 g/mol. The Morgan fingerprint density at radius 3 is 2.53 bits per heavy atom. The molecule has 4 bridgehead atoms. The first kappa shape index (κ1) is 10.9. The van der Waals surface area contributed by atoms with Crippen LogP contribution in [0.5, 0.6) is 0 Å². The molecule has 4 fully saturated rings. The summed E-state index contributed by atoms with van der Waals surface area (Å²) in [6.07, 6.45) is 7.63. The van der Waals surface area contributed by atoms with Crippen LogP contribution in [-0.4, -0.2) is 16.3 Å². The molecule has 0 N–H and O–H groups in total. The lowest BCUT2D eigenvalue weighted by molar-refractivity contribution is -0.130. The first-order valence-electron chi connectivity index (χ1n) is 7.24. The third-order valence-corrected chi connectivity index (χ3v) is 8.56. The van der Waals surface area contributed by atoms with Crippen LogP contribution in [0.4, 0.5) is 0 Å². The Bertz CT molecular complexity index is 388. The predicted molar refractivity (Wildman–Crippen MR) is 71.1 cm³/mol. The van der Waals surface area contributed by atoms with Crippen LogP contribution < -0.4 is 0 Å². The maximum absolute atomic E-state index is 12.6. The Morgan fingerprint density at radius 1 is 1.24 bits per heavy atom. The third-order valence-electron chi connectivity index (χ3n) is 6.66. The van der Waals surface area contributed by atoms with Gasteiger partial charge in [0, 0.05) is 22.3 Å². The van der Waals surface area contributed by atoms with Gasteiger partial charge in [0.05, 0.1) is 0 Å². The van der Waals surface area contributed by atoms with Crippen molar-refractivity contribution < 1.29 is 4.79 Å². The highest BCUT2D eigenvalue weighted by atomic mass is 32.2. The average Bonchev–Trinajstić information content (AvgIpc) is 2.98. The van der Waals surface area contributed by atoms with E-state index in [-0.39, 0.29) is 10.8 Å². The second kappa shape index (κ2) is 3.12. The van der Waals surface area contributed by atoms with Crippen molar-refractivity contribution in [3.05, 3.63) is 0 Å². The quantitative estimate of drug-likeness (QED) is 0.706. The topological polar surface area (TPSA) is 17.1 Å². The van der Waals surface area contributed by atoms with Gasteiger partial charge < -0.3 is 0 Å². The Balaban J connectivity index is 1.78. The second-order valence-electron chi connectivity index (χ2n) is 7.31. The minimum atomic E-state index is 0.0716. The van der Waals surface area contributed by atoms with Gasteiger partial charge in [-0.2, -0.15) is 11.8 Å². The number of hydrogen-bond acceptors (Lipinski definition) is 2. The highest BCUT2D eigenvalue weighted by molar-refractivity contribution is 8.00. The zero-order chi connectivity index (χ0) is 11.8. The molecule has 0 aromatic heterocycles. The molecule has 0 aromatic carbocycles. The van der Waals surface area contributed by atoms with Crippen molar-refractivity contribution >= 4 is 17.5 Å². The predicted octanol–water partition coefficient (Wildman–Crippen LogP) is 3.67. The van der Waals surface area contributed by atoms with Crippen LogP contribution in [0.15, 0.2) is 0 Å². The third kappa shape index (κ3) is 1.08. The molecule has 0 unspecified atom stereocenters. The van der Waals surface area contributed by atoms with E-state index in [0.717, 1.165) is 17.6 Å². The fourth-order valence-corrected chi connectivity index (χ4v) is 7.89. The molecule has 0 radical (unpaired) electrons. The number of ketones is 1. The molecule has 17 heavy (non-hydrogen) atoms. The molecule has 0 spiro atoms. The van der Waals surface area contributed by atoms with Gasteiger partial charge in [-0.05, 0) is 49.4 Å². The number of hydrogen-bond donors (Lipinski definition) is 0. The lowest BCUT2D eigenvalue weighted by Gasteiger charge is -2.44. The maximum Gasteiger partial charge on any atom is 0.140 e. The molecule has 1 saturated heterocycles. The van der Waals surface area contributed by atoms with Gasteiger partial charge in [-0.3, -0.25) is 4.79 Å². The Labute approximate surface area is 108 Å². The standard InChI is InChI=1S/C15H22OS/c1-14(2)10-5-6-15(14,12(16)8-10)13-9-3-4-11(7-9)17-13/h9-11,13H,3-8H2,1-2H3/t9-,10-,11+,13+,15+/m1/s1. The SMILES string of the molecule is CC1(C)[C@@H]2CC[C@@]1([C@H]1S[C@H]3CC[C@@H]1C3)C(=O)C2. The van der Waals surface area contributed by atoms with Crippen molar-refractivity contribution in [1.82, 2.24) is 0 Å². The monoisotopic (exact) mass is 250 g/mol. The van der Waals surface area contributed by atoms with Crippen LogP contribution in [0.25, 0.3) is 0 Å². The van der Waals surface area contributed by atoms with Crippen molar-refractivity contribution in [2.75, 3.05) is 0 Å². The van der Waals surface area contributed by atoms with Gasteiger partial charge in [0.2, 0.25) is 0 Å². The summed E-state index contributed by atoms with van der Waals surface area (Å²) in [5.41, 5.74) is 0.356. The summed E-state index contributed by atoms with van der Waals surface area (Å²) in [4.78, 5) is 12.6. The lowest BCUT2D eigenvalue weighted by Crippen LogP contribution is -2.47. The van der Waals surface area contributed by atoms with E-state index in [1.807, 2.05) is 0 Å². The van der Waals surface area contributed by atoms with Crippen molar-refractivity contribution in [1.29, 1.82) is 0 Å². The summed E-state index contributed by atoms with van der Waals surface area (Å²) in [7, 11) is 0. The van der Waals surface area contributed by atoms with E-state index in [1.165, 1.54) is 32.1 Å². The van der Waals surface area contributed by atoms with Crippen molar-refractivity contribution in [3.63, 3.8) is 0 Å². The van der Waals surface area contributed by atoms with Crippen molar-refractivity contribution in [2.45, 2.75) is 62.9 Å². The van der Waals surface area contributed by atoms with Gasteiger partial charge in [-0.1, -0.05) is 13.8 Å². The number of carbonyl (C=O) groups is 1. The summed E-state index contributed by atoms with van der Waals surface area (Å²) in [6.45, 7) is 4.78. The normalized spacial score (nSPS) is 54.8. The fourth-order valence-electron chi connectivity index (χ4n) is 5.59.